The Labute approximate surface area is 181 Å². The second-order valence-corrected chi connectivity index (χ2v) is 6.97. The summed E-state index contributed by atoms with van der Waals surface area (Å²) in [7, 11) is 0. The molecule has 1 aromatic heterocycles. The molecule has 1 heterocycles. The van der Waals surface area contributed by atoms with Crippen molar-refractivity contribution >= 4 is 16.7 Å². The van der Waals surface area contributed by atoms with Gasteiger partial charge in [0, 0.05) is 24.0 Å². The first-order valence-electron chi connectivity index (χ1n) is 11.5. The molecule has 0 saturated heterocycles. The van der Waals surface area contributed by atoms with E-state index in [0.29, 0.717) is 6.04 Å². The minimum Gasteiger partial charge on any atom is -0.371 e. The number of fused-ring (bicyclic) bond motifs is 2. The van der Waals surface area contributed by atoms with Gasteiger partial charge >= 0.3 is 0 Å². The number of benzene rings is 2. The predicted octanol–water partition coefficient (Wildman–Crippen LogP) is 6.05. The lowest BCUT2D eigenvalue weighted by Crippen LogP contribution is -2.27. The van der Waals surface area contributed by atoms with Gasteiger partial charge in [-0.1, -0.05) is 64.1 Å². The Morgan fingerprint density at radius 1 is 0.967 bits per heavy atom. The molecule has 3 N–H and O–H groups in total. The van der Waals surface area contributed by atoms with Crippen LogP contribution in [0.2, 0.25) is 0 Å². The number of aryl methyl sites for hydroxylation is 1. The van der Waals surface area contributed by atoms with Crippen LogP contribution in [0.1, 0.15) is 64.1 Å². The molecule has 0 fully saturated rings. The van der Waals surface area contributed by atoms with Gasteiger partial charge in [0.15, 0.2) is 5.43 Å². The van der Waals surface area contributed by atoms with E-state index in [2.05, 4.69) is 39.9 Å². The number of hydrogen-bond donors (Lipinski definition) is 3. The fraction of sp³-hybridized carbons (Fsp3) is 0.423. The molecule has 0 unspecified atom stereocenters. The third-order valence-corrected chi connectivity index (χ3v) is 5.17. The van der Waals surface area contributed by atoms with Crippen LogP contribution in [0.25, 0.3) is 10.9 Å². The van der Waals surface area contributed by atoms with Crippen molar-refractivity contribution in [3.05, 3.63) is 75.9 Å². The summed E-state index contributed by atoms with van der Waals surface area (Å²) in [5.74, 6) is 0.789. The summed E-state index contributed by atoms with van der Waals surface area (Å²) in [6, 6.07) is 18.5. The average Bonchev–Trinajstić information content (AvgIpc) is 2.82. The molecule has 0 aliphatic heterocycles. The van der Waals surface area contributed by atoms with Crippen molar-refractivity contribution in [3.63, 3.8) is 0 Å². The van der Waals surface area contributed by atoms with Crippen molar-refractivity contribution < 1.29 is 0 Å². The van der Waals surface area contributed by atoms with E-state index >= 15 is 0 Å². The SMILES string of the molecule is CC.CC.O=c1cc(NCCCN[C@@H]2CCCc3ccccc32)[nH]c2ccccc12. The summed E-state index contributed by atoms with van der Waals surface area (Å²) < 4.78 is 0. The molecular formula is C26H37N3O. The molecule has 0 amide bonds. The molecule has 0 bridgehead atoms. The second-order valence-electron chi connectivity index (χ2n) is 6.97. The van der Waals surface area contributed by atoms with Crippen molar-refractivity contribution in [2.24, 2.45) is 0 Å². The highest BCUT2D eigenvalue weighted by molar-refractivity contribution is 5.79. The maximum Gasteiger partial charge on any atom is 0.191 e. The Hall–Kier alpha value is -2.59. The van der Waals surface area contributed by atoms with Gasteiger partial charge in [0.2, 0.25) is 0 Å². The van der Waals surface area contributed by atoms with Crippen molar-refractivity contribution in [2.75, 3.05) is 18.4 Å². The number of aromatic nitrogens is 1. The molecule has 30 heavy (non-hydrogen) atoms. The maximum absolute atomic E-state index is 12.1. The fourth-order valence-corrected chi connectivity index (χ4v) is 3.85. The summed E-state index contributed by atoms with van der Waals surface area (Å²) in [6.45, 7) is 9.79. The summed E-state index contributed by atoms with van der Waals surface area (Å²) in [6.07, 6.45) is 4.67. The zero-order valence-electron chi connectivity index (χ0n) is 18.9. The molecule has 0 saturated carbocycles. The quantitative estimate of drug-likeness (QED) is 0.436. The Morgan fingerprint density at radius 3 is 2.53 bits per heavy atom. The van der Waals surface area contributed by atoms with Crippen LogP contribution in [0.5, 0.6) is 0 Å². The van der Waals surface area contributed by atoms with Crippen molar-refractivity contribution in [1.82, 2.24) is 10.3 Å². The van der Waals surface area contributed by atoms with E-state index in [1.807, 2.05) is 52.0 Å². The summed E-state index contributed by atoms with van der Waals surface area (Å²) in [4.78, 5) is 15.4. The first-order valence-corrected chi connectivity index (χ1v) is 11.5. The Balaban J connectivity index is 0.000000757. The minimum absolute atomic E-state index is 0.0544. The lowest BCUT2D eigenvalue weighted by atomic mass is 9.88. The smallest absolute Gasteiger partial charge is 0.191 e. The van der Waals surface area contributed by atoms with Gasteiger partial charge in [0.25, 0.3) is 0 Å². The molecule has 3 aromatic rings. The predicted molar refractivity (Wildman–Crippen MR) is 130 cm³/mol. The molecule has 1 aliphatic rings. The third-order valence-electron chi connectivity index (χ3n) is 5.17. The van der Waals surface area contributed by atoms with Gasteiger partial charge in [-0.25, -0.2) is 0 Å². The summed E-state index contributed by atoms with van der Waals surface area (Å²) in [5.41, 5.74) is 3.88. The standard InChI is InChI=1S/C22H25N3O.2C2H6/c26-21-15-22(25-20-11-4-3-10-18(20)21)24-14-6-13-23-19-12-5-8-16-7-1-2-9-17(16)19;2*1-2/h1-4,7,9-11,15,19,23H,5-6,8,12-14H2,(H2,24,25,26);2*1-2H3/t19-;;/m1../s1. The number of pyridine rings is 1. The number of H-pyrrole nitrogens is 1. The van der Waals surface area contributed by atoms with E-state index in [1.54, 1.807) is 6.07 Å². The number of rotatable bonds is 6. The number of aromatic amines is 1. The highest BCUT2D eigenvalue weighted by atomic mass is 16.1. The van der Waals surface area contributed by atoms with Gasteiger partial charge in [0.05, 0.1) is 5.52 Å². The lowest BCUT2D eigenvalue weighted by molar-refractivity contribution is 0.458. The van der Waals surface area contributed by atoms with E-state index < -0.39 is 0 Å². The topological polar surface area (TPSA) is 56.9 Å². The van der Waals surface area contributed by atoms with E-state index in [4.69, 9.17) is 0 Å². The molecule has 1 atom stereocenters. The number of nitrogens with one attached hydrogen (secondary N) is 3. The van der Waals surface area contributed by atoms with Crippen LogP contribution in [0.15, 0.2) is 59.4 Å². The van der Waals surface area contributed by atoms with Gasteiger partial charge in [0.1, 0.15) is 5.82 Å². The highest BCUT2D eigenvalue weighted by Gasteiger charge is 2.18. The maximum atomic E-state index is 12.1. The van der Waals surface area contributed by atoms with Crippen LogP contribution < -0.4 is 16.1 Å². The number of anilines is 1. The third kappa shape index (κ3) is 6.20. The summed E-state index contributed by atoms with van der Waals surface area (Å²) in [5, 5.41) is 7.76. The van der Waals surface area contributed by atoms with E-state index in [9.17, 15) is 4.79 Å². The van der Waals surface area contributed by atoms with E-state index in [1.165, 1.54) is 30.4 Å². The zero-order chi connectivity index (χ0) is 21.8. The van der Waals surface area contributed by atoms with Crippen LogP contribution in [0.3, 0.4) is 0 Å². The monoisotopic (exact) mass is 407 g/mol. The van der Waals surface area contributed by atoms with Crippen LogP contribution in [-0.2, 0) is 6.42 Å². The Morgan fingerprint density at radius 2 is 1.70 bits per heavy atom. The van der Waals surface area contributed by atoms with Crippen molar-refractivity contribution in [3.8, 4) is 0 Å². The van der Waals surface area contributed by atoms with Crippen LogP contribution in [-0.4, -0.2) is 18.1 Å². The molecule has 4 heteroatoms. The number of para-hydroxylation sites is 1. The molecule has 0 spiro atoms. The molecule has 4 rings (SSSR count). The lowest BCUT2D eigenvalue weighted by Gasteiger charge is -2.26. The largest absolute Gasteiger partial charge is 0.371 e. The van der Waals surface area contributed by atoms with Crippen LogP contribution in [0, 0.1) is 0 Å². The van der Waals surface area contributed by atoms with Gasteiger partial charge < -0.3 is 15.6 Å². The Kier molecular flexibility index (Phi) is 10.2. The molecule has 0 radical (unpaired) electrons. The molecule has 1 aliphatic carbocycles. The summed E-state index contributed by atoms with van der Waals surface area (Å²) >= 11 is 0. The van der Waals surface area contributed by atoms with E-state index in [-0.39, 0.29) is 5.43 Å². The second kappa shape index (κ2) is 12.9. The van der Waals surface area contributed by atoms with Crippen molar-refractivity contribution in [1.29, 1.82) is 0 Å². The van der Waals surface area contributed by atoms with E-state index in [0.717, 1.165) is 36.2 Å². The van der Waals surface area contributed by atoms with Gasteiger partial charge in [-0.15, -0.1) is 0 Å². The number of hydrogen-bond acceptors (Lipinski definition) is 3. The van der Waals surface area contributed by atoms with Gasteiger partial charge in [-0.2, -0.15) is 0 Å². The minimum atomic E-state index is 0.0544. The van der Waals surface area contributed by atoms with Gasteiger partial charge in [-0.3, -0.25) is 4.79 Å². The van der Waals surface area contributed by atoms with Crippen LogP contribution >= 0.6 is 0 Å². The fourth-order valence-electron chi connectivity index (χ4n) is 3.85. The first kappa shape index (κ1) is 23.7. The molecule has 2 aromatic carbocycles. The molecule has 162 valence electrons. The van der Waals surface area contributed by atoms with Gasteiger partial charge in [-0.05, 0) is 55.5 Å². The Bertz CT molecular complexity index is 948. The highest BCUT2D eigenvalue weighted by Crippen LogP contribution is 2.29. The molecule has 4 nitrogen and oxygen atoms in total. The molecular weight excluding hydrogens is 370 g/mol. The van der Waals surface area contributed by atoms with Crippen LogP contribution in [0.4, 0.5) is 5.82 Å². The van der Waals surface area contributed by atoms with Crippen molar-refractivity contribution in [2.45, 2.75) is 59.4 Å². The normalized spacial score (nSPS) is 14.6. The average molecular weight is 408 g/mol. The zero-order valence-corrected chi connectivity index (χ0v) is 18.9. The first-order chi connectivity index (χ1) is 14.8.